The Balaban J connectivity index is 1.57. The molecule has 2 saturated carbocycles. The lowest BCUT2D eigenvalue weighted by Gasteiger charge is -2.36. The first-order chi connectivity index (χ1) is 20.2. The van der Waals surface area contributed by atoms with E-state index >= 15 is 0 Å². The molecule has 2 aromatic rings. The van der Waals surface area contributed by atoms with E-state index in [1.165, 1.54) is 0 Å². The zero-order valence-corrected chi connectivity index (χ0v) is 23.8. The Bertz CT molecular complexity index is 1430. The van der Waals surface area contributed by atoms with E-state index < -0.39 is 5.60 Å². The van der Waals surface area contributed by atoms with E-state index in [-0.39, 0.29) is 41.8 Å². The maximum Gasteiger partial charge on any atom is 0.252 e. The molecule has 6 N–H and O–H groups in total. The molecule has 214 valence electrons. The van der Waals surface area contributed by atoms with Gasteiger partial charge in [-0.2, -0.15) is 0 Å². The number of carbonyl (C=O) groups excluding carboxylic acids is 2. The zero-order chi connectivity index (χ0) is 30.4. The highest BCUT2D eigenvalue weighted by molar-refractivity contribution is 5.98. The molecule has 0 saturated heterocycles. The summed E-state index contributed by atoms with van der Waals surface area (Å²) in [6.45, 7) is 2.94. The predicted molar refractivity (Wildman–Crippen MR) is 164 cm³/mol. The van der Waals surface area contributed by atoms with Gasteiger partial charge >= 0.3 is 0 Å². The highest BCUT2D eigenvalue weighted by atomic mass is 16.5. The van der Waals surface area contributed by atoms with Crippen molar-refractivity contribution in [3.8, 4) is 49.4 Å². The fraction of sp³-hybridized carbons (Fsp3) is 0.371. The van der Waals surface area contributed by atoms with E-state index in [1.54, 1.807) is 36.4 Å². The molecule has 2 aliphatic carbocycles. The monoisotopic (exact) mass is 560 g/mol. The van der Waals surface area contributed by atoms with E-state index in [0.29, 0.717) is 65.8 Å². The van der Waals surface area contributed by atoms with Crippen LogP contribution in [0.1, 0.15) is 75.6 Å². The van der Waals surface area contributed by atoms with Gasteiger partial charge < -0.3 is 26.8 Å². The maximum absolute atomic E-state index is 13.5. The Morgan fingerprint density at radius 1 is 0.905 bits per heavy atom. The van der Waals surface area contributed by atoms with Crippen molar-refractivity contribution in [3.05, 3.63) is 69.8 Å². The molecule has 4 rings (SSSR count). The molecule has 2 bridgehead atoms. The van der Waals surface area contributed by atoms with Crippen LogP contribution in [0.25, 0.3) is 0 Å². The molecule has 2 amide bonds. The van der Waals surface area contributed by atoms with Gasteiger partial charge in [0.25, 0.3) is 11.8 Å². The highest BCUT2D eigenvalue weighted by Gasteiger charge is 2.57. The molecular formula is C35H36N4O3. The Hall–Kier alpha value is -4.50. The number of ether oxygens (including phenoxy) is 1. The minimum Gasteiger partial charge on any atom is -0.375 e. The van der Waals surface area contributed by atoms with Gasteiger partial charge in [-0.1, -0.05) is 42.7 Å². The summed E-state index contributed by atoms with van der Waals surface area (Å²) in [5, 5.41) is 6.32. The van der Waals surface area contributed by atoms with Crippen LogP contribution < -0.4 is 22.1 Å². The van der Waals surface area contributed by atoms with Gasteiger partial charge in [0.05, 0.1) is 27.9 Å². The van der Waals surface area contributed by atoms with Gasteiger partial charge in [0.1, 0.15) is 0 Å². The summed E-state index contributed by atoms with van der Waals surface area (Å²) in [4.78, 5) is 26.9. The van der Waals surface area contributed by atoms with E-state index in [1.807, 2.05) is 0 Å². The van der Waals surface area contributed by atoms with Crippen molar-refractivity contribution in [2.24, 2.45) is 23.3 Å². The molecule has 7 heteroatoms. The van der Waals surface area contributed by atoms with Gasteiger partial charge in [0.15, 0.2) is 0 Å². The molecule has 4 atom stereocenters. The van der Waals surface area contributed by atoms with Crippen molar-refractivity contribution in [2.75, 3.05) is 13.2 Å². The molecule has 7 nitrogen and oxygen atoms in total. The van der Waals surface area contributed by atoms with Crippen LogP contribution in [0.4, 0.5) is 0 Å². The first-order valence-corrected chi connectivity index (χ1v) is 14.0. The van der Waals surface area contributed by atoms with E-state index in [4.69, 9.17) is 41.9 Å². The Morgan fingerprint density at radius 3 is 1.83 bits per heavy atom. The molecule has 0 heterocycles. The molecule has 2 aromatic carbocycles. The molecule has 0 aromatic heterocycles. The number of fused-ring (bicyclic) bond motifs is 2. The minimum atomic E-state index is -0.529. The third-order valence-electron chi connectivity index (χ3n) is 8.66. The first kappa shape index (κ1) is 30.5. The molecule has 4 unspecified atom stereocenters. The van der Waals surface area contributed by atoms with Crippen LogP contribution in [0.15, 0.2) is 36.4 Å². The number of benzene rings is 2. The summed E-state index contributed by atoms with van der Waals surface area (Å²) in [7, 11) is 0. The lowest BCUT2D eigenvalue weighted by Crippen LogP contribution is -2.51. The molecule has 2 fully saturated rings. The van der Waals surface area contributed by atoms with Crippen molar-refractivity contribution < 1.29 is 14.3 Å². The van der Waals surface area contributed by atoms with Crippen LogP contribution in [0.5, 0.6) is 0 Å². The second-order valence-electron chi connectivity index (χ2n) is 11.2. The normalized spacial score (nSPS) is 23.5. The van der Waals surface area contributed by atoms with Crippen molar-refractivity contribution in [3.63, 3.8) is 0 Å². The SMILES string of the molecule is C#Cc1cccc(C(=O)NC2CC3(OCCC(C)C(N)CN)CC(NC(=O)c4cccc(C#C)c4C#C)C2C3)c1C#C. The van der Waals surface area contributed by atoms with E-state index in [2.05, 4.69) is 41.2 Å². The topological polar surface area (TPSA) is 119 Å². The van der Waals surface area contributed by atoms with Gasteiger partial charge in [-0.3, -0.25) is 9.59 Å². The third kappa shape index (κ3) is 6.06. The quantitative estimate of drug-likeness (QED) is 0.333. The van der Waals surface area contributed by atoms with Crippen LogP contribution in [-0.4, -0.2) is 48.7 Å². The fourth-order valence-corrected chi connectivity index (χ4v) is 6.28. The molecular weight excluding hydrogens is 524 g/mol. The highest BCUT2D eigenvalue weighted by Crippen LogP contribution is 2.50. The third-order valence-corrected chi connectivity index (χ3v) is 8.66. The summed E-state index contributed by atoms with van der Waals surface area (Å²) in [5.74, 6) is 9.65. The average molecular weight is 561 g/mol. The number of carbonyl (C=O) groups is 2. The number of rotatable bonds is 10. The van der Waals surface area contributed by atoms with Gasteiger partial charge in [-0.15, -0.1) is 25.7 Å². The van der Waals surface area contributed by atoms with Crippen molar-refractivity contribution in [2.45, 2.75) is 56.3 Å². The van der Waals surface area contributed by atoms with Gasteiger partial charge in [-0.05, 0) is 55.9 Å². The summed E-state index contributed by atoms with van der Waals surface area (Å²) < 4.78 is 6.53. The molecule has 2 aliphatic rings. The van der Waals surface area contributed by atoms with Crippen LogP contribution in [0, 0.1) is 61.2 Å². The number of nitrogens with one attached hydrogen (secondary N) is 2. The molecule has 0 spiro atoms. The predicted octanol–water partition coefficient (Wildman–Crippen LogP) is 2.39. The van der Waals surface area contributed by atoms with E-state index in [0.717, 1.165) is 6.42 Å². The van der Waals surface area contributed by atoms with Crippen LogP contribution >= 0.6 is 0 Å². The van der Waals surface area contributed by atoms with Crippen LogP contribution in [-0.2, 0) is 4.74 Å². The minimum absolute atomic E-state index is 0.0863. The maximum atomic E-state index is 13.5. The molecule has 0 aliphatic heterocycles. The summed E-state index contributed by atoms with van der Waals surface area (Å²) in [5.41, 5.74) is 13.7. The van der Waals surface area contributed by atoms with Crippen molar-refractivity contribution in [1.29, 1.82) is 0 Å². The van der Waals surface area contributed by atoms with Crippen molar-refractivity contribution in [1.82, 2.24) is 10.6 Å². The van der Waals surface area contributed by atoms with Gasteiger partial charge in [-0.25, -0.2) is 0 Å². The second-order valence-corrected chi connectivity index (χ2v) is 11.2. The largest absolute Gasteiger partial charge is 0.375 e. The van der Waals surface area contributed by atoms with Crippen LogP contribution in [0.3, 0.4) is 0 Å². The number of terminal acetylenes is 4. The lowest BCUT2D eigenvalue weighted by atomic mass is 9.87. The summed E-state index contributed by atoms with van der Waals surface area (Å²) >= 11 is 0. The molecule has 0 radical (unpaired) electrons. The van der Waals surface area contributed by atoms with E-state index in [9.17, 15) is 9.59 Å². The summed E-state index contributed by atoms with van der Waals surface area (Å²) in [6.07, 6.45) is 25.2. The van der Waals surface area contributed by atoms with Crippen molar-refractivity contribution >= 4 is 11.8 Å². The van der Waals surface area contributed by atoms with Gasteiger partial charge in [0, 0.05) is 48.3 Å². The summed E-state index contributed by atoms with van der Waals surface area (Å²) in [6, 6.07) is 9.48. The Labute approximate surface area is 248 Å². The standard InChI is InChI=1S/C35H36N4O3/c1-6-23-12-10-14-27(25(23)8-3)33(40)38-31-19-35(42-17-16-22(5)30(37)21-36)18-29(31)32(20-35)39-34(41)28-15-11-13-24(7-2)26(28)9-4/h1-4,10-15,22,29-32H,16-21,36-37H2,5H3,(H,38,40)(H,39,41). The second kappa shape index (κ2) is 13.0. The fourth-order valence-electron chi connectivity index (χ4n) is 6.28. The number of amides is 2. The lowest BCUT2D eigenvalue weighted by molar-refractivity contribution is -0.0477. The smallest absolute Gasteiger partial charge is 0.252 e. The Morgan fingerprint density at radius 2 is 1.40 bits per heavy atom. The number of nitrogens with two attached hydrogens (primary N) is 2. The van der Waals surface area contributed by atoms with Crippen LogP contribution in [0.2, 0.25) is 0 Å². The number of hydrogen-bond donors (Lipinski definition) is 4. The number of hydrogen-bond acceptors (Lipinski definition) is 5. The zero-order valence-electron chi connectivity index (χ0n) is 23.8. The molecule has 42 heavy (non-hydrogen) atoms. The average Bonchev–Trinajstić information content (AvgIpc) is 3.54. The Kier molecular flexibility index (Phi) is 9.42. The first-order valence-electron chi connectivity index (χ1n) is 14.0. The van der Waals surface area contributed by atoms with Gasteiger partial charge in [0.2, 0.25) is 0 Å².